The fourth-order valence-electron chi connectivity index (χ4n) is 3.43. The molecule has 0 atom stereocenters. The van der Waals surface area contributed by atoms with Gasteiger partial charge in [0.05, 0.1) is 5.69 Å². The van der Waals surface area contributed by atoms with Gasteiger partial charge in [-0.3, -0.25) is 14.4 Å². The van der Waals surface area contributed by atoms with Crippen LogP contribution in [0.15, 0.2) is 30.3 Å². The van der Waals surface area contributed by atoms with Crippen molar-refractivity contribution < 1.29 is 4.79 Å². The molecule has 3 rings (SSSR count). The average molecular weight is 340 g/mol. The molecule has 1 aromatic heterocycles. The third-order valence-corrected chi connectivity index (χ3v) is 4.72. The SMILES string of the molecule is CCCc1cc(C(=O)NCc2cccc(CN3CCCC3)c2)n(C)n1. The van der Waals surface area contributed by atoms with E-state index in [1.54, 1.807) is 4.68 Å². The number of aryl methyl sites for hydroxylation is 2. The van der Waals surface area contributed by atoms with Gasteiger partial charge >= 0.3 is 0 Å². The zero-order valence-electron chi connectivity index (χ0n) is 15.3. The Morgan fingerprint density at radius 1 is 1.20 bits per heavy atom. The molecule has 1 aromatic carbocycles. The number of rotatable bonds is 7. The molecule has 0 unspecified atom stereocenters. The number of nitrogens with one attached hydrogen (secondary N) is 1. The third kappa shape index (κ3) is 4.69. The van der Waals surface area contributed by atoms with E-state index in [1.807, 2.05) is 13.1 Å². The van der Waals surface area contributed by atoms with E-state index in [0.717, 1.165) is 30.6 Å². The van der Waals surface area contributed by atoms with Crippen LogP contribution in [-0.4, -0.2) is 33.7 Å². The Kier molecular flexibility index (Phi) is 5.87. The minimum absolute atomic E-state index is 0.0673. The number of likely N-dealkylation sites (tertiary alicyclic amines) is 1. The van der Waals surface area contributed by atoms with Crippen LogP contribution in [0.4, 0.5) is 0 Å². The predicted octanol–water partition coefficient (Wildman–Crippen LogP) is 2.90. The van der Waals surface area contributed by atoms with Crippen molar-refractivity contribution in [3.05, 3.63) is 52.8 Å². The van der Waals surface area contributed by atoms with Gasteiger partial charge in [-0.05, 0) is 49.5 Å². The number of amides is 1. The van der Waals surface area contributed by atoms with Crippen LogP contribution in [0, 0.1) is 0 Å². The maximum atomic E-state index is 12.4. The lowest BCUT2D eigenvalue weighted by atomic mass is 10.1. The van der Waals surface area contributed by atoms with Crippen molar-refractivity contribution in [2.24, 2.45) is 7.05 Å². The summed E-state index contributed by atoms with van der Waals surface area (Å²) in [6.07, 6.45) is 4.54. The summed E-state index contributed by atoms with van der Waals surface area (Å²) in [7, 11) is 1.82. The molecule has 1 saturated heterocycles. The lowest BCUT2D eigenvalue weighted by molar-refractivity contribution is 0.0941. The van der Waals surface area contributed by atoms with Crippen LogP contribution in [0.25, 0.3) is 0 Å². The molecule has 25 heavy (non-hydrogen) atoms. The Balaban J connectivity index is 1.58. The van der Waals surface area contributed by atoms with E-state index >= 15 is 0 Å². The number of carbonyl (C=O) groups is 1. The lowest BCUT2D eigenvalue weighted by Gasteiger charge is -2.15. The van der Waals surface area contributed by atoms with Gasteiger partial charge in [0.15, 0.2) is 0 Å². The molecule has 0 aliphatic carbocycles. The molecule has 2 aromatic rings. The second kappa shape index (κ2) is 8.30. The molecule has 5 heteroatoms. The Morgan fingerprint density at radius 2 is 1.96 bits per heavy atom. The van der Waals surface area contributed by atoms with Crippen LogP contribution in [0.2, 0.25) is 0 Å². The molecule has 2 heterocycles. The van der Waals surface area contributed by atoms with Crippen molar-refractivity contribution in [1.82, 2.24) is 20.0 Å². The van der Waals surface area contributed by atoms with Crippen LogP contribution in [0.5, 0.6) is 0 Å². The number of benzene rings is 1. The first-order valence-corrected chi connectivity index (χ1v) is 9.27. The van der Waals surface area contributed by atoms with E-state index in [1.165, 1.54) is 31.5 Å². The first-order chi connectivity index (χ1) is 12.2. The van der Waals surface area contributed by atoms with Crippen LogP contribution in [0.1, 0.15) is 53.5 Å². The van der Waals surface area contributed by atoms with E-state index in [9.17, 15) is 4.79 Å². The maximum Gasteiger partial charge on any atom is 0.269 e. The minimum Gasteiger partial charge on any atom is -0.347 e. The van der Waals surface area contributed by atoms with E-state index in [0.29, 0.717) is 12.2 Å². The molecule has 0 spiro atoms. The van der Waals surface area contributed by atoms with Crippen molar-refractivity contribution >= 4 is 5.91 Å². The number of hydrogen-bond donors (Lipinski definition) is 1. The monoisotopic (exact) mass is 340 g/mol. The summed E-state index contributed by atoms with van der Waals surface area (Å²) in [5, 5.41) is 7.42. The number of carbonyl (C=O) groups excluding carboxylic acids is 1. The van der Waals surface area contributed by atoms with Crippen LogP contribution in [0.3, 0.4) is 0 Å². The predicted molar refractivity (Wildman–Crippen MR) is 99.3 cm³/mol. The molecular formula is C20H28N4O. The zero-order valence-corrected chi connectivity index (χ0v) is 15.3. The average Bonchev–Trinajstić information content (AvgIpc) is 3.23. The molecular weight excluding hydrogens is 312 g/mol. The van der Waals surface area contributed by atoms with Crippen LogP contribution >= 0.6 is 0 Å². The van der Waals surface area contributed by atoms with Gasteiger partial charge in [0, 0.05) is 20.1 Å². The van der Waals surface area contributed by atoms with Gasteiger partial charge in [0.1, 0.15) is 5.69 Å². The number of hydrogen-bond acceptors (Lipinski definition) is 3. The van der Waals surface area contributed by atoms with E-state index < -0.39 is 0 Å². The Morgan fingerprint density at radius 3 is 2.72 bits per heavy atom. The summed E-state index contributed by atoms with van der Waals surface area (Å²) in [6.45, 7) is 6.05. The topological polar surface area (TPSA) is 50.2 Å². The Labute approximate surface area is 150 Å². The highest BCUT2D eigenvalue weighted by Crippen LogP contribution is 2.14. The molecule has 1 aliphatic rings. The molecule has 0 saturated carbocycles. The standard InChI is InChI=1S/C20H28N4O/c1-3-7-18-13-19(23(2)22-18)20(25)21-14-16-8-6-9-17(12-16)15-24-10-4-5-11-24/h6,8-9,12-13H,3-5,7,10-11,14-15H2,1-2H3,(H,21,25). The molecule has 134 valence electrons. The molecule has 5 nitrogen and oxygen atoms in total. The van der Waals surface area contributed by atoms with Gasteiger partial charge in [-0.2, -0.15) is 5.10 Å². The normalized spacial score (nSPS) is 14.8. The Hall–Kier alpha value is -2.14. The molecule has 1 fully saturated rings. The number of nitrogens with zero attached hydrogens (tertiary/aromatic N) is 3. The fraction of sp³-hybridized carbons (Fsp3) is 0.500. The highest BCUT2D eigenvalue weighted by Gasteiger charge is 2.14. The fourth-order valence-corrected chi connectivity index (χ4v) is 3.43. The van der Waals surface area contributed by atoms with Gasteiger partial charge in [-0.15, -0.1) is 0 Å². The van der Waals surface area contributed by atoms with Crippen molar-refractivity contribution in [3.8, 4) is 0 Å². The van der Waals surface area contributed by atoms with Gasteiger partial charge in [0.2, 0.25) is 0 Å². The van der Waals surface area contributed by atoms with Crippen LogP contribution < -0.4 is 5.32 Å². The second-order valence-electron chi connectivity index (χ2n) is 6.88. The zero-order chi connectivity index (χ0) is 17.6. The largest absolute Gasteiger partial charge is 0.347 e. The Bertz CT molecular complexity index is 716. The lowest BCUT2D eigenvalue weighted by Crippen LogP contribution is -2.25. The van der Waals surface area contributed by atoms with E-state index in [2.05, 4.69) is 46.5 Å². The van der Waals surface area contributed by atoms with Crippen molar-refractivity contribution in [1.29, 1.82) is 0 Å². The summed E-state index contributed by atoms with van der Waals surface area (Å²) >= 11 is 0. The summed E-state index contributed by atoms with van der Waals surface area (Å²) in [6, 6.07) is 10.4. The summed E-state index contributed by atoms with van der Waals surface area (Å²) in [5.74, 6) is -0.0673. The smallest absolute Gasteiger partial charge is 0.269 e. The van der Waals surface area contributed by atoms with Gasteiger partial charge in [-0.25, -0.2) is 0 Å². The maximum absolute atomic E-state index is 12.4. The van der Waals surface area contributed by atoms with Crippen molar-refractivity contribution in [2.75, 3.05) is 13.1 Å². The highest BCUT2D eigenvalue weighted by molar-refractivity contribution is 5.92. The van der Waals surface area contributed by atoms with Gasteiger partial charge < -0.3 is 5.32 Å². The minimum atomic E-state index is -0.0673. The highest BCUT2D eigenvalue weighted by atomic mass is 16.2. The molecule has 0 radical (unpaired) electrons. The molecule has 0 bridgehead atoms. The van der Waals surface area contributed by atoms with E-state index in [-0.39, 0.29) is 5.91 Å². The van der Waals surface area contributed by atoms with Crippen LogP contribution in [-0.2, 0) is 26.6 Å². The second-order valence-corrected chi connectivity index (χ2v) is 6.88. The summed E-state index contributed by atoms with van der Waals surface area (Å²) in [4.78, 5) is 14.9. The molecule has 1 N–H and O–H groups in total. The van der Waals surface area contributed by atoms with E-state index in [4.69, 9.17) is 0 Å². The molecule has 1 amide bonds. The summed E-state index contributed by atoms with van der Waals surface area (Å²) < 4.78 is 1.67. The van der Waals surface area contributed by atoms with Gasteiger partial charge in [-0.1, -0.05) is 37.6 Å². The van der Waals surface area contributed by atoms with Crippen molar-refractivity contribution in [2.45, 2.75) is 45.7 Å². The van der Waals surface area contributed by atoms with Gasteiger partial charge in [0.25, 0.3) is 5.91 Å². The quantitative estimate of drug-likeness (QED) is 0.843. The molecule has 1 aliphatic heterocycles. The first-order valence-electron chi connectivity index (χ1n) is 9.27. The first kappa shape index (κ1) is 17.7. The van der Waals surface area contributed by atoms with Crippen molar-refractivity contribution in [3.63, 3.8) is 0 Å². The summed E-state index contributed by atoms with van der Waals surface area (Å²) in [5.41, 5.74) is 4.06. The number of aromatic nitrogens is 2. The third-order valence-electron chi connectivity index (χ3n) is 4.72.